The molecular formula is C20H20ClNO2S. The van der Waals surface area contributed by atoms with E-state index in [0.717, 1.165) is 22.1 Å². The van der Waals surface area contributed by atoms with E-state index < -0.39 is 0 Å². The van der Waals surface area contributed by atoms with Crippen molar-refractivity contribution in [3.63, 3.8) is 0 Å². The number of fused-ring (bicyclic) bond motifs is 1. The Hall–Kier alpha value is -1.88. The Kier molecular flexibility index (Phi) is 6.08. The monoisotopic (exact) mass is 373 g/mol. The minimum Gasteiger partial charge on any atom is -0.374 e. The van der Waals surface area contributed by atoms with Crippen molar-refractivity contribution in [2.75, 3.05) is 13.2 Å². The lowest BCUT2D eigenvalue weighted by Gasteiger charge is -2.13. The number of rotatable bonds is 7. The van der Waals surface area contributed by atoms with Crippen molar-refractivity contribution in [2.24, 2.45) is 0 Å². The first-order valence-corrected chi connectivity index (χ1v) is 9.48. The summed E-state index contributed by atoms with van der Waals surface area (Å²) >= 11 is 7.75. The van der Waals surface area contributed by atoms with Crippen LogP contribution >= 0.6 is 22.9 Å². The number of benzene rings is 2. The first-order chi connectivity index (χ1) is 12.2. The van der Waals surface area contributed by atoms with Crippen LogP contribution in [0.2, 0.25) is 5.02 Å². The van der Waals surface area contributed by atoms with Gasteiger partial charge in [0.05, 0.1) is 11.1 Å². The third-order valence-corrected chi connectivity index (χ3v) is 5.66. The van der Waals surface area contributed by atoms with Crippen LogP contribution in [0.5, 0.6) is 0 Å². The van der Waals surface area contributed by atoms with E-state index in [1.165, 1.54) is 11.3 Å². The van der Waals surface area contributed by atoms with Gasteiger partial charge in [0.25, 0.3) is 5.91 Å². The van der Waals surface area contributed by atoms with Crippen molar-refractivity contribution in [3.05, 3.63) is 70.1 Å². The third-order valence-electron chi connectivity index (χ3n) is 3.98. The average Bonchev–Trinajstić information content (AvgIpc) is 2.99. The van der Waals surface area contributed by atoms with Crippen molar-refractivity contribution < 1.29 is 9.53 Å². The molecule has 2 aromatic carbocycles. The maximum Gasteiger partial charge on any atom is 0.262 e. The Morgan fingerprint density at radius 2 is 1.88 bits per heavy atom. The predicted molar refractivity (Wildman–Crippen MR) is 105 cm³/mol. The van der Waals surface area contributed by atoms with E-state index >= 15 is 0 Å². The lowest BCUT2D eigenvalue weighted by Crippen LogP contribution is -2.24. The van der Waals surface area contributed by atoms with Gasteiger partial charge in [-0.2, -0.15) is 0 Å². The standard InChI is InChI=1S/C20H20ClNO2S/c1-14(15-8-3-2-4-9-15)24-13-7-12-22-20(23)19-18(21)16-10-5-6-11-17(16)25-19/h2-6,8-11,14H,7,12-13H2,1H3,(H,22,23). The molecule has 0 saturated heterocycles. The quantitative estimate of drug-likeness (QED) is 0.559. The maximum atomic E-state index is 12.3. The Bertz CT molecular complexity index is 847. The Labute approximate surface area is 156 Å². The molecule has 1 N–H and O–H groups in total. The predicted octanol–water partition coefficient (Wildman–Crippen LogP) is 5.45. The average molecular weight is 374 g/mol. The highest BCUT2D eigenvalue weighted by Crippen LogP contribution is 2.34. The van der Waals surface area contributed by atoms with Gasteiger partial charge < -0.3 is 10.1 Å². The molecule has 0 bridgehead atoms. The van der Waals surface area contributed by atoms with Gasteiger partial charge in [-0.05, 0) is 25.0 Å². The second-order valence-electron chi connectivity index (χ2n) is 5.77. The van der Waals surface area contributed by atoms with E-state index in [9.17, 15) is 4.79 Å². The van der Waals surface area contributed by atoms with Crippen LogP contribution in [-0.2, 0) is 4.74 Å². The fourth-order valence-electron chi connectivity index (χ4n) is 2.59. The van der Waals surface area contributed by atoms with Gasteiger partial charge in [-0.3, -0.25) is 4.79 Å². The molecule has 3 rings (SSSR count). The Morgan fingerprint density at radius 3 is 2.64 bits per heavy atom. The van der Waals surface area contributed by atoms with Gasteiger partial charge in [-0.1, -0.05) is 60.1 Å². The number of hydrogen-bond acceptors (Lipinski definition) is 3. The molecule has 0 aliphatic heterocycles. The van der Waals surface area contributed by atoms with Gasteiger partial charge in [-0.25, -0.2) is 0 Å². The summed E-state index contributed by atoms with van der Waals surface area (Å²) in [7, 11) is 0. The molecule has 1 aromatic heterocycles. The van der Waals surface area contributed by atoms with Crippen molar-refractivity contribution in [1.82, 2.24) is 5.32 Å². The molecular weight excluding hydrogens is 354 g/mol. The lowest BCUT2D eigenvalue weighted by atomic mass is 10.1. The zero-order valence-electron chi connectivity index (χ0n) is 14.0. The summed E-state index contributed by atoms with van der Waals surface area (Å²) in [5.74, 6) is -0.123. The third kappa shape index (κ3) is 4.40. The molecule has 5 heteroatoms. The zero-order chi connectivity index (χ0) is 17.6. The van der Waals surface area contributed by atoms with Gasteiger partial charge in [0.15, 0.2) is 0 Å². The van der Waals surface area contributed by atoms with Gasteiger partial charge in [0, 0.05) is 23.2 Å². The molecule has 1 unspecified atom stereocenters. The van der Waals surface area contributed by atoms with Crippen LogP contribution in [0.3, 0.4) is 0 Å². The minimum absolute atomic E-state index is 0.0499. The van der Waals surface area contributed by atoms with Crippen molar-refractivity contribution in [2.45, 2.75) is 19.4 Å². The number of carbonyl (C=O) groups excluding carboxylic acids is 1. The molecule has 1 amide bonds. The van der Waals surface area contributed by atoms with Crippen LogP contribution in [0.1, 0.15) is 34.7 Å². The molecule has 130 valence electrons. The summed E-state index contributed by atoms with van der Waals surface area (Å²) in [5.41, 5.74) is 1.16. The number of halogens is 1. The molecule has 3 aromatic rings. The normalized spacial score (nSPS) is 12.2. The number of nitrogens with one attached hydrogen (secondary N) is 1. The van der Waals surface area contributed by atoms with E-state index in [2.05, 4.69) is 17.4 Å². The Balaban J connectivity index is 1.45. The van der Waals surface area contributed by atoms with E-state index in [0.29, 0.717) is 23.1 Å². The largest absolute Gasteiger partial charge is 0.374 e. The molecule has 0 radical (unpaired) electrons. The summed E-state index contributed by atoms with van der Waals surface area (Å²) < 4.78 is 6.84. The summed E-state index contributed by atoms with van der Waals surface area (Å²) in [6, 6.07) is 17.9. The lowest BCUT2D eigenvalue weighted by molar-refractivity contribution is 0.0635. The maximum absolute atomic E-state index is 12.3. The SMILES string of the molecule is CC(OCCCNC(=O)c1sc2ccccc2c1Cl)c1ccccc1. The molecule has 0 aliphatic carbocycles. The number of thiophene rings is 1. The summed E-state index contributed by atoms with van der Waals surface area (Å²) in [6.45, 7) is 3.19. The van der Waals surface area contributed by atoms with Gasteiger partial charge in [0.2, 0.25) is 0 Å². The highest BCUT2D eigenvalue weighted by molar-refractivity contribution is 7.21. The fourth-order valence-corrected chi connectivity index (χ4v) is 4.03. The molecule has 0 aliphatic rings. The second-order valence-corrected chi connectivity index (χ2v) is 7.20. The van der Waals surface area contributed by atoms with Gasteiger partial charge in [0.1, 0.15) is 4.88 Å². The van der Waals surface area contributed by atoms with Gasteiger partial charge >= 0.3 is 0 Å². The molecule has 1 heterocycles. The summed E-state index contributed by atoms with van der Waals surface area (Å²) in [5, 5.41) is 4.39. The topological polar surface area (TPSA) is 38.3 Å². The number of amides is 1. The van der Waals surface area contributed by atoms with Crippen LogP contribution in [0.25, 0.3) is 10.1 Å². The van der Waals surface area contributed by atoms with Crippen LogP contribution in [-0.4, -0.2) is 19.1 Å². The molecule has 1 atom stereocenters. The smallest absolute Gasteiger partial charge is 0.262 e. The molecule has 25 heavy (non-hydrogen) atoms. The van der Waals surface area contributed by atoms with E-state index in [-0.39, 0.29) is 12.0 Å². The molecule has 0 spiro atoms. The second kappa shape index (κ2) is 8.48. The Morgan fingerprint density at radius 1 is 1.16 bits per heavy atom. The van der Waals surface area contributed by atoms with Crippen LogP contribution in [0, 0.1) is 0 Å². The number of hydrogen-bond donors (Lipinski definition) is 1. The minimum atomic E-state index is -0.123. The van der Waals surface area contributed by atoms with Crippen molar-refractivity contribution >= 4 is 38.9 Å². The van der Waals surface area contributed by atoms with E-state index in [1.807, 2.05) is 49.4 Å². The molecule has 0 saturated carbocycles. The van der Waals surface area contributed by atoms with Crippen molar-refractivity contribution in [3.8, 4) is 0 Å². The first kappa shape index (κ1) is 17.9. The highest BCUT2D eigenvalue weighted by Gasteiger charge is 2.16. The fraction of sp³-hybridized carbons (Fsp3) is 0.250. The summed E-state index contributed by atoms with van der Waals surface area (Å²) in [4.78, 5) is 12.9. The zero-order valence-corrected chi connectivity index (χ0v) is 15.6. The molecule has 0 fully saturated rings. The highest BCUT2D eigenvalue weighted by atomic mass is 35.5. The van der Waals surface area contributed by atoms with Crippen LogP contribution in [0.4, 0.5) is 0 Å². The first-order valence-electron chi connectivity index (χ1n) is 8.28. The van der Waals surface area contributed by atoms with E-state index in [4.69, 9.17) is 16.3 Å². The molecule has 3 nitrogen and oxygen atoms in total. The van der Waals surface area contributed by atoms with Gasteiger partial charge in [-0.15, -0.1) is 11.3 Å². The van der Waals surface area contributed by atoms with Crippen molar-refractivity contribution in [1.29, 1.82) is 0 Å². The number of carbonyl (C=O) groups is 1. The van der Waals surface area contributed by atoms with Crippen LogP contribution < -0.4 is 5.32 Å². The summed E-state index contributed by atoms with van der Waals surface area (Å²) in [6.07, 6.45) is 0.805. The number of ether oxygens (including phenoxy) is 1. The van der Waals surface area contributed by atoms with E-state index in [1.54, 1.807) is 0 Å². The van der Waals surface area contributed by atoms with Crippen LogP contribution in [0.15, 0.2) is 54.6 Å².